The van der Waals surface area contributed by atoms with Gasteiger partial charge in [-0.15, -0.1) is 0 Å². The first-order chi connectivity index (χ1) is 12.3. The van der Waals surface area contributed by atoms with Crippen molar-refractivity contribution in [2.75, 3.05) is 18.4 Å². The third kappa shape index (κ3) is 4.82. The number of nitrogens with one attached hydrogen (secondary N) is 1. The van der Waals surface area contributed by atoms with Gasteiger partial charge in [0.15, 0.2) is 17.0 Å². The average molecular weight is 365 g/mol. The van der Waals surface area contributed by atoms with E-state index in [1.54, 1.807) is 0 Å². The van der Waals surface area contributed by atoms with Crippen LogP contribution in [0.3, 0.4) is 0 Å². The second-order valence-corrected chi connectivity index (χ2v) is 7.28. The Balaban J connectivity index is 1.56. The number of imidazole rings is 1. The van der Waals surface area contributed by atoms with Crippen molar-refractivity contribution in [3.05, 3.63) is 11.6 Å². The number of hydrogen-bond acceptors (Lipinski definition) is 5. The minimum Gasteiger partial charge on any atom is -0.368 e. The monoisotopic (exact) mass is 364 g/mol. The maximum absolute atomic E-state index is 6.16. The number of nitrogens with two attached hydrogens (primary N) is 1. The van der Waals surface area contributed by atoms with Crippen LogP contribution in [0.2, 0.25) is 5.28 Å². The quantitative estimate of drug-likeness (QED) is 0.485. The molecule has 0 amide bonds. The van der Waals surface area contributed by atoms with E-state index in [-0.39, 0.29) is 5.28 Å². The summed E-state index contributed by atoms with van der Waals surface area (Å²) in [5.74, 6) is 0.759. The van der Waals surface area contributed by atoms with Crippen LogP contribution in [-0.2, 0) is 0 Å². The standard InChI is InChI=1S/C18H29ClN6/c19-18-23-16(21-12-8-4-2-1-3-7-11-20)15-17(24-18)25(13-22-15)14-9-5-6-10-14/h13-14H,1-12,20H2,(H,21,23,24). The van der Waals surface area contributed by atoms with Crippen LogP contribution in [-0.4, -0.2) is 32.6 Å². The van der Waals surface area contributed by atoms with Crippen LogP contribution in [0.1, 0.15) is 70.3 Å². The molecule has 0 aliphatic heterocycles. The van der Waals surface area contributed by atoms with Crippen molar-refractivity contribution in [2.45, 2.75) is 70.3 Å². The molecule has 2 heterocycles. The third-order valence-corrected chi connectivity index (χ3v) is 5.20. The van der Waals surface area contributed by atoms with Gasteiger partial charge >= 0.3 is 0 Å². The molecule has 0 bridgehead atoms. The van der Waals surface area contributed by atoms with Crippen LogP contribution >= 0.6 is 11.6 Å². The smallest absolute Gasteiger partial charge is 0.226 e. The predicted molar refractivity (Wildman–Crippen MR) is 103 cm³/mol. The molecule has 1 aliphatic rings. The summed E-state index contributed by atoms with van der Waals surface area (Å²) < 4.78 is 2.18. The average Bonchev–Trinajstić information content (AvgIpc) is 3.26. The van der Waals surface area contributed by atoms with Gasteiger partial charge in [-0.1, -0.05) is 38.5 Å². The van der Waals surface area contributed by atoms with Crippen LogP contribution in [0, 0.1) is 0 Å². The van der Waals surface area contributed by atoms with E-state index in [0.717, 1.165) is 42.9 Å². The largest absolute Gasteiger partial charge is 0.368 e. The normalized spacial score (nSPS) is 15.3. The summed E-state index contributed by atoms with van der Waals surface area (Å²) in [5, 5.41) is 3.69. The zero-order valence-corrected chi connectivity index (χ0v) is 15.6. The van der Waals surface area contributed by atoms with E-state index in [2.05, 4.69) is 24.8 Å². The maximum atomic E-state index is 6.16. The number of hydrogen-bond donors (Lipinski definition) is 2. The van der Waals surface area contributed by atoms with E-state index in [4.69, 9.17) is 17.3 Å². The highest BCUT2D eigenvalue weighted by Gasteiger charge is 2.21. The lowest BCUT2D eigenvalue weighted by Gasteiger charge is -2.12. The number of halogens is 1. The van der Waals surface area contributed by atoms with Crippen LogP contribution in [0.4, 0.5) is 5.82 Å². The highest BCUT2D eigenvalue weighted by molar-refractivity contribution is 6.28. The van der Waals surface area contributed by atoms with Crippen molar-refractivity contribution < 1.29 is 0 Å². The summed E-state index contributed by atoms with van der Waals surface area (Å²) >= 11 is 6.16. The predicted octanol–water partition coefficient (Wildman–Crippen LogP) is 4.31. The van der Waals surface area contributed by atoms with Gasteiger partial charge in [0.1, 0.15) is 0 Å². The fourth-order valence-corrected chi connectivity index (χ4v) is 3.81. The molecule has 0 unspecified atom stereocenters. The Kier molecular flexibility index (Phi) is 6.87. The van der Waals surface area contributed by atoms with Crippen molar-refractivity contribution in [3.8, 4) is 0 Å². The molecule has 6 nitrogen and oxygen atoms in total. The minimum atomic E-state index is 0.288. The molecule has 0 saturated heterocycles. The number of anilines is 1. The van der Waals surface area contributed by atoms with Crippen molar-refractivity contribution in [1.29, 1.82) is 0 Å². The molecule has 3 rings (SSSR count). The van der Waals surface area contributed by atoms with Crippen LogP contribution in [0.5, 0.6) is 0 Å². The van der Waals surface area contributed by atoms with E-state index in [0.29, 0.717) is 6.04 Å². The summed E-state index contributed by atoms with van der Waals surface area (Å²) in [4.78, 5) is 13.3. The van der Waals surface area contributed by atoms with Crippen molar-refractivity contribution in [2.24, 2.45) is 5.73 Å². The van der Waals surface area contributed by atoms with E-state index in [9.17, 15) is 0 Å². The molecule has 0 spiro atoms. The summed E-state index contributed by atoms with van der Waals surface area (Å²) in [6, 6.07) is 0.498. The van der Waals surface area contributed by atoms with Crippen molar-refractivity contribution in [1.82, 2.24) is 19.5 Å². The lowest BCUT2D eigenvalue weighted by Crippen LogP contribution is -2.07. The highest BCUT2D eigenvalue weighted by atomic mass is 35.5. The molecule has 1 aliphatic carbocycles. The van der Waals surface area contributed by atoms with Gasteiger partial charge in [0.25, 0.3) is 0 Å². The molecule has 1 saturated carbocycles. The van der Waals surface area contributed by atoms with Gasteiger partial charge in [-0.05, 0) is 43.8 Å². The molecular weight excluding hydrogens is 336 g/mol. The fourth-order valence-electron chi connectivity index (χ4n) is 3.65. The van der Waals surface area contributed by atoms with Crippen LogP contribution in [0.25, 0.3) is 11.2 Å². The van der Waals surface area contributed by atoms with Gasteiger partial charge in [0.2, 0.25) is 5.28 Å². The Labute approximate surface area is 154 Å². The third-order valence-electron chi connectivity index (χ3n) is 5.04. The Morgan fingerprint density at radius 1 is 1.08 bits per heavy atom. The zero-order chi connectivity index (χ0) is 17.5. The van der Waals surface area contributed by atoms with E-state index in [1.165, 1.54) is 51.4 Å². The Bertz CT molecular complexity index is 665. The summed E-state index contributed by atoms with van der Waals surface area (Å²) in [5.41, 5.74) is 7.20. The van der Waals surface area contributed by atoms with Gasteiger partial charge in [0.05, 0.1) is 6.33 Å². The molecule has 3 N–H and O–H groups in total. The summed E-state index contributed by atoms with van der Waals surface area (Å²) in [7, 11) is 0. The molecule has 7 heteroatoms. The first-order valence-corrected chi connectivity index (χ1v) is 10.0. The van der Waals surface area contributed by atoms with Gasteiger partial charge in [-0.3, -0.25) is 0 Å². The number of rotatable bonds is 10. The molecule has 1 fully saturated rings. The number of fused-ring (bicyclic) bond motifs is 1. The topological polar surface area (TPSA) is 81.7 Å². The molecule has 2 aromatic heterocycles. The molecule has 2 aromatic rings. The Morgan fingerprint density at radius 2 is 1.80 bits per heavy atom. The second kappa shape index (κ2) is 9.34. The molecule has 25 heavy (non-hydrogen) atoms. The Morgan fingerprint density at radius 3 is 2.56 bits per heavy atom. The summed E-state index contributed by atoms with van der Waals surface area (Å²) in [6.07, 6.45) is 14.1. The number of aromatic nitrogens is 4. The SMILES string of the molecule is NCCCCCCCCNc1nc(Cl)nc2c1ncn2C1CCCC1. The summed E-state index contributed by atoms with van der Waals surface area (Å²) in [6.45, 7) is 1.69. The van der Waals surface area contributed by atoms with Crippen molar-refractivity contribution in [3.63, 3.8) is 0 Å². The Hall–Kier alpha value is -1.40. The van der Waals surface area contributed by atoms with E-state index in [1.807, 2.05) is 6.33 Å². The molecule has 0 radical (unpaired) electrons. The molecule has 0 atom stereocenters. The van der Waals surface area contributed by atoms with Crippen molar-refractivity contribution >= 4 is 28.6 Å². The van der Waals surface area contributed by atoms with Gasteiger partial charge in [-0.25, -0.2) is 4.98 Å². The first kappa shape index (κ1) is 18.4. The van der Waals surface area contributed by atoms with E-state index < -0.39 is 0 Å². The second-order valence-electron chi connectivity index (χ2n) is 6.94. The number of unbranched alkanes of at least 4 members (excludes halogenated alkanes) is 5. The fraction of sp³-hybridized carbons (Fsp3) is 0.722. The minimum absolute atomic E-state index is 0.288. The lowest BCUT2D eigenvalue weighted by molar-refractivity contribution is 0.529. The van der Waals surface area contributed by atoms with Gasteiger partial charge in [0, 0.05) is 12.6 Å². The molecule has 138 valence electrons. The zero-order valence-electron chi connectivity index (χ0n) is 14.9. The van der Waals surface area contributed by atoms with Crippen LogP contribution in [0.15, 0.2) is 6.33 Å². The van der Waals surface area contributed by atoms with Gasteiger partial charge in [-0.2, -0.15) is 9.97 Å². The molecule has 0 aromatic carbocycles. The van der Waals surface area contributed by atoms with Gasteiger partial charge < -0.3 is 15.6 Å². The first-order valence-electron chi connectivity index (χ1n) is 9.63. The molecular formula is C18H29ClN6. The lowest BCUT2D eigenvalue weighted by atomic mass is 10.1. The highest BCUT2D eigenvalue weighted by Crippen LogP contribution is 2.32. The number of nitrogens with zero attached hydrogens (tertiary/aromatic N) is 4. The van der Waals surface area contributed by atoms with E-state index >= 15 is 0 Å². The van der Waals surface area contributed by atoms with Crippen LogP contribution < -0.4 is 11.1 Å². The maximum Gasteiger partial charge on any atom is 0.226 e.